The van der Waals surface area contributed by atoms with Gasteiger partial charge in [0.2, 0.25) is 0 Å². The van der Waals surface area contributed by atoms with E-state index >= 15 is 0 Å². The lowest BCUT2D eigenvalue weighted by atomic mass is 10.2. The predicted octanol–water partition coefficient (Wildman–Crippen LogP) is 5.30. The maximum Gasteiger partial charge on any atom is 0.141 e. The van der Waals surface area contributed by atoms with Gasteiger partial charge in [-0.15, -0.1) is 0 Å². The summed E-state index contributed by atoms with van der Waals surface area (Å²) in [5.74, 6) is 1.70. The SMILES string of the molecule is CCc1ccc(Oc2ccc(CNC(C)C)cc2Br)cc1. The Labute approximate surface area is 135 Å². The quantitative estimate of drug-likeness (QED) is 0.765. The highest BCUT2D eigenvalue weighted by molar-refractivity contribution is 9.10. The molecule has 0 radical (unpaired) electrons. The second-order valence-electron chi connectivity index (χ2n) is 5.40. The van der Waals surface area contributed by atoms with Crippen molar-refractivity contribution in [2.75, 3.05) is 0 Å². The molecule has 0 heterocycles. The van der Waals surface area contributed by atoms with Crippen LogP contribution in [0.3, 0.4) is 0 Å². The topological polar surface area (TPSA) is 21.3 Å². The van der Waals surface area contributed by atoms with Gasteiger partial charge in [-0.05, 0) is 57.7 Å². The third-order valence-electron chi connectivity index (χ3n) is 3.27. The first-order chi connectivity index (χ1) is 10.1. The van der Waals surface area contributed by atoms with E-state index in [1.54, 1.807) is 0 Å². The molecule has 21 heavy (non-hydrogen) atoms. The number of ether oxygens (including phenoxy) is 1. The van der Waals surface area contributed by atoms with Gasteiger partial charge in [-0.3, -0.25) is 0 Å². The molecule has 1 N–H and O–H groups in total. The Kier molecular flexibility index (Phi) is 5.83. The number of nitrogens with one attached hydrogen (secondary N) is 1. The molecular weight excluding hydrogens is 326 g/mol. The van der Waals surface area contributed by atoms with E-state index in [0.29, 0.717) is 6.04 Å². The lowest BCUT2D eigenvalue weighted by Crippen LogP contribution is -2.21. The molecule has 0 aliphatic rings. The molecular formula is C18H22BrNO. The van der Waals surface area contributed by atoms with E-state index in [1.807, 2.05) is 18.2 Å². The van der Waals surface area contributed by atoms with Crippen molar-refractivity contribution < 1.29 is 4.74 Å². The average Bonchev–Trinajstić information content (AvgIpc) is 2.48. The first kappa shape index (κ1) is 16.1. The van der Waals surface area contributed by atoms with E-state index in [1.165, 1.54) is 11.1 Å². The molecule has 0 unspecified atom stereocenters. The van der Waals surface area contributed by atoms with Gasteiger partial charge in [-0.1, -0.05) is 39.0 Å². The smallest absolute Gasteiger partial charge is 0.141 e. The number of halogens is 1. The Morgan fingerprint density at radius 1 is 1.05 bits per heavy atom. The number of benzene rings is 2. The summed E-state index contributed by atoms with van der Waals surface area (Å²) in [5, 5.41) is 3.41. The fraction of sp³-hybridized carbons (Fsp3) is 0.333. The Bertz CT molecular complexity index is 578. The standard InChI is InChI=1S/C18H22BrNO/c1-4-14-5-8-16(9-6-14)21-18-10-7-15(11-17(18)19)12-20-13(2)3/h5-11,13,20H,4,12H2,1-3H3. The van der Waals surface area contributed by atoms with E-state index in [0.717, 1.165) is 28.9 Å². The molecule has 0 saturated carbocycles. The first-order valence-corrected chi connectivity index (χ1v) is 8.16. The summed E-state index contributed by atoms with van der Waals surface area (Å²) >= 11 is 3.59. The Morgan fingerprint density at radius 3 is 2.29 bits per heavy atom. The van der Waals surface area contributed by atoms with Gasteiger partial charge >= 0.3 is 0 Å². The molecule has 0 amide bonds. The normalized spacial score (nSPS) is 10.9. The Hall–Kier alpha value is -1.32. The largest absolute Gasteiger partial charge is 0.456 e. The second kappa shape index (κ2) is 7.62. The first-order valence-electron chi connectivity index (χ1n) is 7.37. The van der Waals surface area contributed by atoms with E-state index in [2.05, 4.69) is 66.3 Å². The molecule has 0 aliphatic carbocycles. The molecule has 2 aromatic carbocycles. The molecule has 2 aromatic rings. The molecule has 112 valence electrons. The average molecular weight is 348 g/mol. The van der Waals surface area contributed by atoms with Crippen LogP contribution in [0.2, 0.25) is 0 Å². The molecule has 0 spiro atoms. The van der Waals surface area contributed by atoms with Gasteiger partial charge in [0.25, 0.3) is 0 Å². The van der Waals surface area contributed by atoms with Gasteiger partial charge in [0, 0.05) is 12.6 Å². The van der Waals surface area contributed by atoms with E-state index in [4.69, 9.17) is 4.74 Å². The van der Waals surface area contributed by atoms with Crippen molar-refractivity contribution in [3.8, 4) is 11.5 Å². The summed E-state index contributed by atoms with van der Waals surface area (Å²) < 4.78 is 6.90. The molecule has 0 atom stereocenters. The number of rotatable bonds is 6. The summed E-state index contributed by atoms with van der Waals surface area (Å²) in [5.41, 5.74) is 2.56. The molecule has 0 saturated heterocycles. The van der Waals surface area contributed by atoms with Crippen molar-refractivity contribution in [2.24, 2.45) is 0 Å². The molecule has 0 aliphatic heterocycles. The fourth-order valence-corrected chi connectivity index (χ4v) is 2.49. The molecule has 2 rings (SSSR count). The van der Waals surface area contributed by atoms with Crippen LogP contribution in [0.15, 0.2) is 46.9 Å². The van der Waals surface area contributed by atoms with Gasteiger partial charge in [-0.2, -0.15) is 0 Å². The van der Waals surface area contributed by atoms with Crippen LogP contribution in [0.25, 0.3) is 0 Å². The van der Waals surface area contributed by atoms with Gasteiger partial charge in [0.15, 0.2) is 0 Å². The minimum absolute atomic E-state index is 0.483. The summed E-state index contributed by atoms with van der Waals surface area (Å²) in [6.07, 6.45) is 1.04. The fourth-order valence-electron chi connectivity index (χ4n) is 1.98. The van der Waals surface area contributed by atoms with Gasteiger partial charge < -0.3 is 10.1 Å². The van der Waals surface area contributed by atoms with Crippen LogP contribution in [0.1, 0.15) is 31.9 Å². The molecule has 0 fully saturated rings. The zero-order chi connectivity index (χ0) is 15.2. The highest BCUT2D eigenvalue weighted by atomic mass is 79.9. The van der Waals surface area contributed by atoms with Crippen molar-refractivity contribution in [3.05, 3.63) is 58.1 Å². The summed E-state index contributed by atoms with van der Waals surface area (Å²) in [6, 6.07) is 14.9. The zero-order valence-corrected chi connectivity index (χ0v) is 14.4. The summed E-state index contributed by atoms with van der Waals surface area (Å²) in [7, 11) is 0. The van der Waals surface area contributed by atoms with Gasteiger partial charge in [-0.25, -0.2) is 0 Å². The highest BCUT2D eigenvalue weighted by Crippen LogP contribution is 2.30. The third-order valence-corrected chi connectivity index (χ3v) is 3.89. The number of hydrogen-bond acceptors (Lipinski definition) is 2. The number of hydrogen-bond donors (Lipinski definition) is 1. The molecule has 0 aromatic heterocycles. The Morgan fingerprint density at radius 2 is 1.71 bits per heavy atom. The van der Waals surface area contributed by atoms with E-state index < -0.39 is 0 Å². The summed E-state index contributed by atoms with van der Waals surface area (Å²) in [6.45, 7) is 7.30. The van der Waals surface area contributed by atoms with Crippen LogP contribution in [0, 0.1) is 0 Å². The zero-order valence-electron chi connectivity index (χ0n) is 12.8. The van der Waals surface area contributed by atoms with Crippen LogP contribution in [0.4, 0.5) is 0 Å². The predicted molar refractivity (Wildman–Crippen MR) is 92.0 cm³/mol. The van der Waals surface area contributed by atoms with Crippen molar-refractivity contribution >= 4 is 15.9 Å². The van der Waals surface area contributed by atoms with Crippen molar-refractivity contribution in [2.45, 2.75) is 39.8 Å². The van der Waals surface area contributed by atoms with Crippen LogP contribution in [-0.4, -0.2) is 6.04 Å². The van der Waals surface area contributed by atoms with Gasteiger partial charge in [0.1, 0.15) is 11.5 Å². The van der Waals surface area contributed by atoms with Crippen molar-refractivity contribution in [1.82, 2.24) is 5.32 Å². The van der Waals surface area contributed by atoms with Crippen molar-refractivity contribution in [1.29, 1.82) is 0 Å². The maximum atomic E-state index is 5.92. The van der Waals surface area contributed by atoms with Crippen LogP contribution in [-0.2, 0) is 13.0 Å². The summed E-state index contributed by atoms with van der Waals surface area (Å²) in [4.78, 5) is 0. The minimum Gasteiger partial charge on any atom is -0.456 e. The van der Waals surface area contributed by atoms with Crippen molar-refractivity contribution in [3.63, 3.8) is 0 Å². The van der Waals surface area contributed by atoms with Gasteiger partial charge in [0.05, 0.1) is 4.47 Å². The highest BCUT2D eigenvalue weighted by Gasteiger charge is 2.05. The minimum atomic E-state index is 0.483. The monoisotopic (exact) mass is 347 g/mol. The van der Waals surface area contributed by atoms with E-state index in [9.17, 15) is 0 Å². The van der Waals surface area contributed by atoms with E-state index in [-0.39, 0.29) is 0 Å². The third kappa shape index (κ3) is 4.87. The maximum absolute atomic E-state index is 5.92. The Balaban J connectivity index is 2.06. The lowest BCUT2D eigenvalue weighted by molar-refractivity contribution is 0.479. The molecule has 2 nitrogen and oxygen atoms in total. The lowest BCUT2D eigenvalue weighted by Gasteiger charge is -2.11. The van der Waals surface area contributed by atoms with Crippen LogP contribution >= 0.6 is 15.9 Å². The van der Waals surface area contributed by atoms with Crippen LogP contribution in [0.5, 0.6) is 11.5 Å². The molecule has 0 bridgehead atoms. The van der Waals surface area contributed by atoms with Crippen LogP contribution < -0.4 is 10.1 Å². The molecule has 3 heteroatoms. The second-order valence-corrected chi connectivity index (χ2v) is 6.25. The number of aryl methyl sites for hydroxylation is 1.